The number of alkyl halides is 3. The fourth-order valence-electron chi connectivity index (χ4n) is 1.48. The lowest BCUT2D eigenvalue weighted by Gasteiger charge is -2.11. The summed E-state index contributed by atoms with van der Waals surface area (Å²) < 4.78 is 43.1. The first-order chi connectivity index (χ1) is 8.84. The first-order valence-electron chi connectivity index (χ1n) is 5.26. The van der Waals surface area contributed by atoms with Gasteiger partial charge in [-0.25, -0.2) is 0 Å². The zero-order valence-corrected chi connectivity index (χ0v) is 10.3. The number of nitrogens with two attached hydrogens (primary N) is 1. The van der Waals surface area contributed by atoms with E-state index >= 15 is 0 Å². The Labute approximate surface area is 112 Å². The molecular weight excluding hydrogens is 279 g/mol. The lowest BCUT2D eigenvalue weighted by molar-refractivity contribution is -0.137. The van der Waals surface area contributed by atoms with Crippen molar-refractivity contribution in [2.75, 3.05) is 5.73 Å². The minimum absolute atomic E-state index is 0.0150. The molecule has 0 aliphatic carbocycles. The molecule has 6 heteroatoms. The molecule has 0 saturated carbocycles. The van der Waals surface area contributed by atoms with Crippen LogP contribution in [0.15, 0.2) is 42.5 Å². The van der Waals surface area contributed by atoms with Crippen molar-refractivity contribution in [2.24, 2.45) is 0 Å². The van der Waals surface area contributed by atoms with Crippen molar-refractivity contribution in [2.45, 2.75) is 6.18 Å². The van der Waals surface area contributed by atoms with E-state index in [4.69, 9.17) is 22.1 Å². The van der Waals surface area contributed by atoms with Crippen LogP contribution in [0.5, 0.6) is 11.5 Å². The van der Waals surface area contributed by atoms with E-state index in [-0.39, 0.29) is 11.4 Å². The normalized spacial score (nSPS) is 11.4. The van der Waals surface area contributed by atoms with E-state index in [2.05, 4.69) is 0 Å². The van der Waals surface area contributed by atoms with Gasteiger partial charge in [0.25, 0.3) is 0 Å². The van der Waals surface area contributed by atoms with Crippen LogP contribution < -0.4 is 10.5 Å². The van der Waals surface area contributed by atoms with Crippen LogP contribution in [0.1, 0.15) is 5.56 Å². The van der Waals surface area contributed by atoms with Gasteiger partial charge in [-0.2, -0.15) is 13.2 Å². The summed E-state index contributed by atoms with van der Waals surface area (Å²) in [6, 6.07) is 9.34. The largest absolute Gasteiger partial charge is 0.457 e. The molecule has 0 heterocycles. The van der Waals surface area contributed by atoms with Gasteiger partial charge in [0.15, 0.2) is 0 Å². The fourth-order valence-corrected chi connectivity index (χ4v) is 1.61. The van der Waals surface area contributed by atoms with Gasteiger partial charge in [0.2, 0.25) is 0 Å². The second-order valence-corrected chi connectivity index (χ2v) is 4.28. The van der Waals surface area contributed by atoms with E-state index in [0.717, 1.165) is 12.1 Å². The van der Waals surface area contributed by atoms with Gasteiger partial charge in [-0.3, -0.25) is 0 Å². The lowest BCUT2D eigenvalue weighted by atomic mass is 10.2. The number of ether oxygens (including phenoxy) is 1. The van der Waals surface area contributed by atoms with E-state index < -0.39 is 11.7 Å². The number of hydrogen-bond acceptors (Lipinski definition) is 2. The van der Waals surface area contributed by atoms with Crippen LogP contribution >= 0.6 is 11.6 Å². The zero-order valence-electron chi connectivity index (χ0n) is 9.54. The van der Waals surface area contributed by atoms with Crippen LogP contribution in [0.25, 0.3) is 0 Å². The molecule has 0 aromatic heterocycles. The number of halogens is 4. The number of nitrogen functional groups attached to an aromatic ring is 1. The maximum absolute atomic E-state index is 12.6. The highest BCUT2D eigenvalue weighted by atomic mass is 35.5. The Morgan fingerprint density at radius 3 is 2.16 bits per heavy atom. The number of rotatable bonds is 2. The summed E-state index contributed by atoms with van der Waals surface area (Å²) >= 11 is 5.70. The number of benzene rings is 2. The molecule has 0 atom stereocenters. The van der Waals surface area contributed by atoms with Gasteiger partial charge in [-0.05, 0) is 36.4 Å². The maximum atomic E-state index is 12.6. The van der Waals surface area contributed by atoms with E-state index in [1.165, 1.54) is 6.07 Å². The standard InChI is InChI=1S/C13H9ClF3NO/c14-9-1-3-11(4-2-9)19-12-6-8(13(15,16)17)5-10(18)7-12/h1-7H,18H2. The van der Waals surface area contributed by atoms with Crippen molar-refractivity contribution < 1.29 is 17.9 Å². The first kappa shape index (κ1) is 13.5. The van der Waals surface area contributed by atoms with Gasteiger partial charge < -0.3 is 10.5 Å². The van der Waals surface area contributed by atoms with Crippen LogP contribution in [0.4, 0.5) is 18.9 Å². The highest BCUT2D eigenvalue weighted by Gasteiger charge is 2.31. The monoisotopic (exact) mass is 287 g/mol. The maximum Gasteiger partial charge on any atom is 0.416 e. The van der Waals surface area contributed by atoms with Crippen molar-refractivity contribution in [3.8, 4) is 11.5 Å². The summed E-state index contributed by atoms with van der Waals surface area (Å²) in [7, 11) is 0. The van der Waals surface area contributed by atoms with Crippen LogP contribution in [0, 0.1) is 0 Å². The fraction of sp³-hybridized carbons (Fsp3) is 0.0769. The van der Waals surface area contributed by atoms with Crippen LogP contribution in [-0.2, 0) is 6.18 Å². The molecule has 2 aromatic rings. The summed E-state index contributed by atoms with van der Waals surface area (Å²) in [5.41, 5.74) is 4.57. The van der Waals surface area contributed by atoms with Gasteiger partial charge >= 0.3 is 6.18 Å². The summed E-state index contributed by atoms with van der Waals surface area (Å²) in [5, 5.41) is 0.510. The Morgan fingerprint density at radius 2 is 1.58 bits per heavy atom. The molecule has 2 aromatic carbocycles. The van der Waals surface area contributed by atoms with Gasteiger partial charge in [-0.1, -0.05) is 11.6 Å². The molecule has 0 aliphatic heterocycles. The molecule has 0 spiro atoms. The summed E-state index contributed by atoms with van der Waals surface area (Å²) in [6.07, 6.45) is -4.46. The van der Waals surface area contributed by atoms with Crippen LogP contribution in [-0.4, -0.2) is 0 Å². The molecule has 0 bridgehead atoms. The SMILES string of the molecule is Nc1cc(Oc2ccc(Cl)cc2)cc(C(F)(F)F)c1. The van der Waals surface area contributed by atoms with Gasteiger partial charge in [0.05, 0.1) is 5.56 Å². The smallest absolute Gasteiger partial charge is 0.416 e. The molecule has 2 nitrogen and oxygen atoms in total. The highest BCUT2D eigenvalue weighted by Crippen LogP contribution is 2.34. The second kappa shape index (κ2) is 5.01. The second-order valence-electron chi connectivity index (χ2n) is 3.84. The number of hydrogen-bond donors (Lipinski definition) is 1. The average molecular weight is 288 g/mol. The Kier molecular flexibility index (Phi) is 3.57. The van der Waals surface area contributed by atoms with E-state index in [0.29, 0.717) is 10.8 Å². The van der Waals surface area contributed by atoms with E-state index in [1.807, 2.05) is 0 Å². The quantitative estimate of drug-likeness (QED) is 0.810. The molecule has 0 radical (unpaired) electrons. The summed E-state index contributed by atoms with van der Waals surface area (Å²) in [6.45, 7) is 0. The molecule has 0 unspecified atom stereocenters. The predicted molar refractivity (Wildman–Crippen MR) is 67.4 cm³/mol. The highest BCUT2D eigenvalue weighted by molar-refractivity contribution is 6.30. The van der Waals surface area contributed by atoms with E-state index in [1.54, 1.807) is 24.3 Å². The average Bonchev–Trinajstić information content (AvgIpc) is 2.30. The van der Waals surface area contributed by atoms with Gasteiger partial charge in [0.1, 0.15) is 11.5 Å². The minimum atomic E-state index is -4.46. The Hall–Kier alpha value is -1.88. The molecule has 0 aliphatic rings. The third-order valence-electron chi connectivity index (χ3n) is 2.31. The summed E-state index contributed by atoms with van der Waals surface area (Å²) in [4.78, 5) is 0. The third-order valence-corrected chi connectivity index (χ3v) is 2.56. The van der Waals surface area contributed by atoms with E-state index in [9.17, 15) is 13.2 Å². The zero-order chi connectivity index (χ0) is 14.0. The molecule has 2 N–H and O–H groups in total. The van der Waals surface area contributed by atoms with Crippen molar-refractivity contribution >= 4 is 17.3 Å². The van der Waals surface area contributed by atoms with Crippen molar-refractivity contribution in [1.29, 1.82) is 0 Å². The first-order valence-corrected chi connectivity index (χ1v) is 5.63. The number of anilines is 1. The molecule has 19 heavy (non-hydrogen) atoms. The molecule has 2 rings (SSSR count). The lowest BCUT2D eigenvalue weighted by Crippen LogP contribution is -2.06. The minimum Gasteiger partial charge on any atom is -0.457 e. The summed E-state index contributed by atoms with van der Waals surface area (Å²) in [5.74, 6) is 0.401. The molecule has 0 saturated heterocycles. The topological polar surface area (TPSA) is 35.2 Å². The Morgan fingerprint density at radius 1 is 0.947 bits per heavy atom. The van der Waals surface area contributed by atoms with Crippen molar-refractivity contribution in [3.63, 3.8) is 0 Å². The molecular formula is C13H9ClF3NO. The Balaban J connectivity index is 2.30. The van der Waals surface area contributed by atoms with Crippen LogP contribution in [0.3, 0.4) is 0 Å². The molecule has 0 amide bonds. The molecule has 100 valence electrons. The van der Waals surface area contributed by atoms with Crippen molar-refractivity contribution in [1.82, 2.24) is 0 Å². The third kappa shape index (κ3) is 3.54. The predicted octanol–water partition coefficient (Wildman–Crippen LogP) is 4.73. The Bertz CT molecular complexity index is 581. The van der Waals surface area contributed by atoms with Crippen molar-refractivity contribution in [3.05, 3.63) is 53.1 Å². The van der Waals surface area contributed by atoms with Gasteiger partial charge in [-0.15, -0.1) is 0 Å². The van der Waals surface area contributed by atoms with Gasteiger partial charge in [0, 0.05) is 16.8 Å². The van der Waals surface area contributed by atoms with Crippen LogP contribution in [0.2, 0.25) is 5.02 Å². The molecule has 0 fully saturated rings.